The highest BCUT2D eigenvalue weighted by Gasteiger charge is 2.24. The number of carbonyl (C=O) groups excluding carboxylic acids is 1. The zero-order valence-corrected chi connectivity index (χ0v) is 10.2. The molecule has 96 valence electrons. The quantitative estimate of drug-likeness (QED) is 0.692. The van der Waals surface area contributed by atoms with E-state index < -0.39 is 0 Å². The predicted octanol–water partition coefficient (Wildman–Crippen LogP) is 2.20. The number of rotatable bonds is 1. The first kappa shape index (κ1) is 15.2. The van der Waals surface area contributed by atoms with Crippen LogP contribution in [-0.4, -0.2) is 54.2 Å². The normalized spacial score (nSPS) is 17.9. The maximum Gasteiger partial charge on any atom is 0.410 e. The van der Waals surface area contributed by atoms with Gasteiger partial charge >= 0.3 is 6.09 Å². The molecule has 0 aromatic heterocycles. The summed E-state index contributed by atoms with van der Waals surface area (Å²) in [5, 5.41) is 0. The molecule has 16 heavy (non-hydrogen) atoms. The van der Waals surface area contributed by atoms with Gasteiger partial charge in [0, 0.05) is 26.2 Å². The van der Waals surface area contributed by atoms with Gasteiger partial charge in [0.2, 0.25) is 0 Å². The minimum Gasteiger partial charge on any atom is -0.444 e. The number of nitrogens with zero attached hydrogens (tertiary/aromatic N) is 2. The van der Waals surface area contributed by atoms with Crippen molar-refractivity contribution in [2.75, 3.05) is 32.7 Å². The summed E-state index contributed by atoms with van der Waals surface area (Å²) in [6, 6.07) is 0. The molecule has 0 bridgehead atoms. The summed E-state index contributed by atoms with van der Waals surface area (Å²) in [4.78, 5) is 15.8. The van der Waals surface area contributed by atoms with E-state index in [1.54, 1.807) is 4.90 Å². The number of carbonyl (C=O) groups is 1. The smallest absolute Gasteiger partial charge is 0.410 e. The van der Waals surface area contributed by atoms with Crippen LogP contribution in [0.5, 0.6) is 0 Å². The average Bonchev–Trinajstić information content (AvgIpc) is 2.15. The van der Waals surface area contributed by atoms with Crippen LogP contribution in [0, 0.1) is 0 Å². The lowest BCUT2D eigenvalue weighted by molar-refractivity contribution is 0.0149. The molecule has 0 aromatic rings. The van der Waals surface area contributed by atoms with E-state index in [9.17, 15) is 4.79 Å². The molecule has 1 rings (SSSR count). The fraction of sp³-hybridized carbons (Fsp3) is 0.917. The van der Waals surface area contributed by atoms with Crippen LogP contribution >= 0.6 is 0 Å². The van der Waals surface area contributed by atoms with Gasteiger partial charge in [-0.3, -0.25) is 0 Å². The molecule has 1 aliphatic rings. The molecule has 1 saturated heterocycles. The predicted molar refractivity (Wildman–Crippen MR) is 66.7 cm³/mol. The van der Waals surface area contributed by atoms with Crippen LogP contribution in [0.3, 0.4) is 0 Å². The van der Waals surface area contributed by atoms with Crippen LogP contribution in [0.25, 0.3) is 0 Å². The highest BCUT2D eigenvalue weighted by atomic mass is 16.6. The highest BCUT2D eigenvalue weighted by molar-refractivity contribution is 5.68. The van der Waals surface area contributed by atoms with E-state index in [0.29, 0.717) is 0 Å². The van der Waals surface area contributed by atoms with Crippen LogP contribution in [-0.2, 0) is 4.74 Å². The topological polar surface area (TPSA) is 32.8 Å². The lowest BCUT2D eigenvalue weighted by Gasteiger charge is -2.35. The second-order valence-electron chi connectivity index (χ2n) is 4.90. The van der Waals surface area contributed by atoms with Crippen molar-refractivity contribution in [1.29, 1.82) is 0 Å². The van der Waals surface area contributed by atoms with E-state index in [1.165, 1.54) is 0 Å². The molecule has 0 radical (unpaired) electrons. The number of piperazine rings is 1. The molecule has 0 aliphatic carbocycles. The van der Waals surface area contributed by atoms with Gasteiger partial charge in [0.15, 0.2) is 0 Å². The lowest BCUT2D eigenvalue weighted by atomic mass is 10.2. The summed E-state index contributed by atoms with van der Waals surface area (Å²) >= 11 is 0. The van der Waals surface area contributed by atoms with Crippen molar-refractivity contribution in [3.8, 4) is 0 Å². The van der Waals surface area contributed by atoms with Crippen LogP contribution in [0.2, 0.25) is 0 Å². The Hall–Kier alpha value is -0.770. The first-order valence-electron chi connectivity index (χ1n) is 5.62. The van der Waals surface area contributed by atoms with Gasteiger partial charge in [0.1, 0.15) is 5.60 Å². The van der Waals surface area contributed by atoms with E-state index in [4.69, 9.17) is 4.74 Å². The van der Waals surface area contributed by atoms with Crippen molar-refractivity contribution < 1.29 is 9.53 Å². The molecule has 0 atom stereocenters. The van der Waals surface area contributed by atoms with Crippen LogP contribution in [0.15, 0.2) is 0 Å². The molecule has 0 unspecified atom stereocenters. The molecule has 0 aromatic carbocycles. The number of hydrogen-bond acceptors (Lipinski definition) is 3. The molecule has 1 amide bonds. The Kier molecular flexibility index (Phi) is 5.79. The molecule has 1 heterocycles. The van der Waals surface area contributed by atoms with Gasteiger partial charge in [-0.05, 0) is 27.3 Å². The third-order valence-corrected chi connectivity index (χ3v) is 2.47. The third kappa shape index (κ3) is 4.84. The van der Waals surface area contributed by atoms with Gasteiger partial charge in [-0.2, -0.15) is 0 Å². The Labute approximate surface area is 99.5 Å². The first-order chi connectivity index (χ1) is 6.92. The Bertz CT molecular complexity index is 216. The van der Waals surface area contributed by atoms with Crippen LogP contribution < -0.4 is 0 Å². The standard InChI is InChI=1S/C11H22N2O2.CH4/c1-5-12-6-8-13(9-7-12)10(14)15-11(2,3)4;/h5-9H2,1-4H3;1H4. The van der Waals surface area contributed by atoms with Crippen molar-refractivity contribution in [3.63, 3.8) is 0 Å². The van der Waals surface area contributed by atoms with E-state index in [1.807, 2.05) is 20.8 Å². The van der Waals surface area contributed by atoms with Gasteiger partial charge in [-0.1, -0.05) is 14.4 Å². The zero-order chi connectivity index (χ0) is 11.5. The molecule has 0 saturated carbocycles. The van der Waals surface area contributed by atoms with Crippen molar-refractivity contribution in [2.24, 2.45) is 0 Å². The van der Waals surface area contributed by atoms with Crippen molar-refractivity contribution in [3.05, 3.63) is 0 Å². The molecule has 4 heteroatoms. The number of hydrogen-bond donors (Lipinski definition) is 0. The summed E-state index contributed by atoms with van der Waals surface area (Å²) in [5.41, 5.74) is -0.390. The Balaban J connectivity index is 0.00000225. The van der Waals surface area contributed by atoms with Crippen molar-refractivity contribution in [1.82, 2.24) is 9.80 Å². The third-order valence-electron chi connectivity index (χ3n) is 2.47. The maximum absolute atomic E-state index is 11.7. The maximum atomic E-state index is 11.7. The fourth-order valence-corrected chi connectivity index (χ4v) is 1.57. The van der Waals surface area contributed by atoms with Crippen molar-refractivity contribution in [2.45, 2.75) is 40.7 Å². The summed E-state index contributed by atoms with van der Waals surface area (Å²) in [5.74, 6) is 0. The molecule has 4 nitrogen and oxygen atoms in total. The van der Waals surface area contributed by atoms with Gasteiger partial charge < -0.3 is 14.5 Å². The lowest BCUT2D eigenvalue weighted by Crippen LogP contribution is -2.49. The van der Waals surface area contributed by atoms with Crippen LogP contribution in [0.4, 0.5) is 4.79 Å². The van der Waals surface area contributed by atoms with E-state index in [-0.39, 0.29) is 19.1 Å². The van der Waals surface area contributed by atoms with Gasteiger partial charge in [-0.15, -0.1) is 0 Å². The molecule has 1 aliphatic heterocycles. The summed E-state index contributed by atoms with van der Waals surface area (Å²) in [6.07, 6.45) is -0.182. The van der Waals surface area contributed by atoms with Crippen LogP contribution in [0.1, 0.15) is 35.1 Å². The number of ether oxygens (including phenoxy) is 1. The largest absolute Gasteiger partial charge is 0.444 e. The molecule has 0 spiro atoms. The van der Waals surface area contributed by atoms with Crippen molar-refractivity contribution >= 4 is 6.09 Å². The van der Waals surface area contributed by atoms with Gasteiger partial charge in [0.25, 0.3) is 0 Å². The average molecular weight is 230 g/mol. The highest BCUT2D eigenvalue weighted by Crippen LogP contribution is 2.11. The minimum atomic E-state index is -0.390. The number of amides is 1. The summed E-state index contributed by atoms with van der Waals surface area (Å²) < 4.78 is 5.31. The fourth-order valence-electron chi connectivity index (χ4n) is 1.57. The Morgan fingerprint density at radius 1 is 1.19 bits per heavy atom. The SMILES string of the molecule is C.CCN1CCN(C(=O)OC(C)(C)C)CC1. The van der Waals surface area contributed by atoms with E-state index in [0.717, 1.165) is 32.7 Å². The van der Waals surface area contributed by atoms with E-state index >= 15 is 0 Å². The molecule has 0 N–H and O–H groups in total. The monoisotopic (exact) mass is 230 g/mol. The Morgan fingerprint density at radius 3 is 2.06 bits per heavy atom. The molecular formula is C12H26N2O2. The Morgan fingerprint density at radius 2 is 1.69 bits per heavy atom. The first-order valence-corrected chi connectivity index (χ1v) is 5.62. The minimum absolute atomic E-state index is 0. The molecular weight excluding hydrogens is 204 g/mol. The number of likely N-dealkylation sites (N-methyl/N-ethyl adjacent to an activating group) is 1. The molecule has 1 fully saturated rings. The van der Waals surface area contributed by atoms with Gasteiger partial charge in [0.05, 0.1) is 0 Å². The zero-order valence-electron chi connectivity index (χ0n) is 10.2. The summed E-state index contributed by atoms with van der Waals surface area (Å²) in [6.45, 7) is 12.4. The second kappa shape index (κ2) is 6.09. The second-order valence-corrected chi connectivity index (χ2v) is 4.90. The van der Waals surface area contributed by atoms with Gasteiger partial charge in [-0.25, -0.2) is 4.79 Å². The van der Waals surface area contributed by atoms with E-state index in [2.05, 4.69) is 11.8 Å². The summed E-state index contributed by atoms with van der Waals surface area (Å²) in [7, 11) is 0.